The van der Waals surface area contributed by atoms with Gasteiger partial charge in [0.25, 0.3) is 11.7 Å². The Morgan fingerprint density at radius 1 is 1.07 bits per heavy atom. The summed E-state index contributed by atoms with van der Waals surface area (Å²) in [4.78, 5) is 24.0. The molecule has 1 spiro atoms. The van der Waals surface area contributed by atoms with Crippen molar-refractivity contribution in [1.29, 1.82) is 0 Å². The van der Waals surface area contributed by atoms with Gasteiger partial charge in [0.15, 0.2) is 18.1 Å². The molecule has 1 saturated carbocycles. The molecule has 1 aliphatic heterocycles. The van der Waals surface area contributed by atoms with Crippen molar-refractivity contribution < 1.29 is 23.8 Å². The average molecular weight is 402 g/mol. The number of rotatable bonds is 5. The molecule has 0 bridgehead atoms. The van der Waals surface area contributed by atoms with E-state index in [0.29, 0.717) is 27.8 Å². The number of hydrogen-bond acceptors (Lipinski definition) is 5. The molecule has 2 aliphatic rings. The molecule has 7 heteroatoms. The largest absolute Gasteiger partial charge is 0.455 e. The first-order valence-electron chi connectivity index (χ1n) is 9.24. The third-order valence-corrected chi connectivity index (χ3v) is 5.21. The molecule has 0 saturated heterocycles. The highest BCUT2D eigenvalue weighted by Gasteiger charge is 2.44. The van der Waals surface area contributed by atoms with Crippen LogP contribution in [0.5, 0.6) is 11.5 Å². The first-order chi connectivity index (χ1) is 13.5. The van der Waals surface area contributed by atoms with E-state index in [1.165, 1.54) is 0 Å². The first-order valence-corrected chi connectivity index (χ1v) is 9.62. The zero-order valence-corrected chi connectivity index (χ0v) is 16.0. The highest BCUT2D eigenvalue weighted by Crippen LogP contribution is 2.47. The maximum atomic E-state index is 12.1. The SMILES string of the molecule is O=C(COC(=O)Cc1ccccc1Cl)Nc1ccc2c(c1)OC1(CCCC1)O2. The van der Waals surface area contributed by atoms with E-state index in [9.17, 15) is 9.59 Å². The molecule has 28 heavy (non-hydrogen) atoms. The Morgan fingerprint density at radius 3 is 2.61 bits per heavy atom. The van der Waals surface area contributed by atoms with Gasteiger partial charge in [-0.05, 0) is 36.6 Å². The smallest absolute Gasteiger partial charge is 0.310 e. The lowest BCUT2D eigenvalue weighted by atomic mass is 10.1. The molecular formula is C21H20ClNO5. The minimum absolute atomic E-state index is 0.0130. The van der Waals surface area contributed by atoms with E-state index in [4.69, 9.17) is 25.8 Å². The molecule has 1 fully saturated rings. The second-order valence-corrected chi connectivity index (χ2v) is 7.37. The number of ether oxygens (including phenoxy) is 3. The molecule has 1 heterocycles. The Hall–Kier alpha value is -2.73. The van der Waals surface area contributed by atoms with E-state index < -0.39 is 17.7 Å². The zero-order valence-electron chi connectivity index (χ0n) is 15.2. The van der Waals surface area contributed by atoms with Gasteiger partial charge >= 0.3 is 5.97 Å². The number of carbonyl (C=O) groups is 2. The van der Waals surface area contributed by atoms with Crippen molar-refractivity contribution in [2.45, 2.75) is 37.9 Å². The van der Waals surface area contributed by atoms with Crippen LogP contribution in [0.25, 0.3) is 0 Å². The van der Waals surface area contributed by atoms with Crippen LogP contribution in [0.2, 0.25) is 5.02 Å². The summed E-state index contributed by atoms with van der Waals surface area (Å²) < 4.78 is 17.0. The predicted octanol–water partition coefficient (Wildman–Crippen LogP) is 4.11. The van der Waals surface area contributed by atoms with Crippen LogP contribution in [-0.2, 0) is 20.7 Å². The highest BCUT2D eigenvalue weighted by atomic mass is 35.5. The fourth-order valence-corrected chi connectivity index (χ4v) is 3.68. The Kier molecular flexibility index (Phi) is 5.13. The molecular weight excluding hydrogens is 382 g/mol. The summed E-state index contributed by atoms with van der Waals surface area (Å²) in [5.41, 5.74) is 1.22. The Balaban J connectivity index is 1.29. The van der Waals surface area contributed by atoms with Gasteiger partial charge in [0.1, 0.15) is 0 Å². The van der Waals surface area contributed by atoms with Gasteiger partial charge in [0, 0.05) is 29.6 Å². The number of amides is 1. The second-order valence-electron chi connectivity index (χ2n) is 6.96. The molecule has 6 nitrogen and oxygen atoms in total. The van der Waals surface area contributed by atoms with Gasteiger partial charge in [-0.2, -0.15) is 0 Å². The predicted molar refractivity (Wildman–Crippen MR) is 104 cm³/mol. The summed E-state index contributed by atoms with van der Waals surface area (Å²) in [6.45, 7) is -0.373. The molecule has 0 radical (unpaired) electrons. The van der Waals surface area contributed by atoms with Crippen molar-refractivity contribution in [1.82, 2.24) is 0 Å². The van der Waals surface area contributed by atoms with Crippen molar-refractivity contribution in [2.75, 3.05) is 11.9 Å². The van der Waals surface area contributed by atoms with Gasteiger partial charge in [-0.3, -0.25) is 9.59 Å². The van der Waals surface area contributed by atoms with Crippen molar-refractivity contribution >= 4 is 29.2 Å². The third kappa shape index (κ3) is 4.07. The summed E-state index contributed by atoms with van der Waals surface area (Å²) in [5.74, 6) is -0.181. The van der Waals surface area contributed by atoms with Crippen LogP contribution in [0.1, 0.15) is 31.2 Å². The van der Waals surface area contributed by atoms with Crippen molar-refractivity contribution in [3.63, 3.8) is 0 Å². The summed E-state index contributed by atoms with van der Waals surface area (Å²) in [5, 5.41) is 3.19. The number of nitrogens with one attached hydrogen (secondary N) is 1. The summed E-state index contributed by atoms with van der Waals surface area (Å²) >= 11 is 6.02. The van der Waals surface area contributed by atoms with Crippen LogP contribution in [0.4, 0.5) is 5.69 Å². The van der Waals surface area contributed by atoms with E-state index in [2.05, 4.69) is 5.32 Å². The fourth-order valence-electron chi connectivity index (χ4n) is 3.48. The van der Waals surface area contributed by atoms with E-state index >= 15 is 0 Å². The standard InChI is InChI=1S/C21H20ClNO5/c22-16-6-2-1-5-14(16)11-20(25)26-13-19(24)23-15-7-8-17-18(12-15)28-21(27-17)9-3-4-10-21/h1-2,5-8,12H,3-4,9-11,13H2,(H,23,24). The first kappa shape index (κ1) is 18.6. The monoisotopic (exact) mass is 401 g/mol. The maximum Gasteiger partial charge on any atom is 0.310 e. The molecule has 0 unspecified atom stereocenters. The van der Waals surface area contributed by atoms with Crippen LogP contribution in [0.15, 0.2) is 42.5 Å². The molecule has 0 aromatic heterocycles. The maximum absolute atomic E-state index is 12.1. The van der Waals surface area contributed by atoms with Crippen molar-refractivity contribution in [2.24, 2.45) is 0 Å². The molecule has 146 valence electrons. The van der Waals surface area contributed by atoms with Crippen LogP contribution in [0.3, 0.4) is 0 Å². The molecule has 4 rings (SSSR count). The molecule has 1 aliphatic carbocycles. The number of halogens is 1. The van der Waals surface area contributed by atoms with Crippen LogP contribution < -0.4 is 14.8 Å². The number of carbonyl (C=O) groups excluding carboxylic acids is 2. The number of fused-ring (bicyclic) bond motifs is 1. The zero-order chi connectivity index (χ0) is 19.6. The minimum atomic E-state index is -0.542. The Morgan fingerprint density at radius 2 is 1.82 bits per heavy atom. The number of benzene rings is 2. The lowest BCUT2D eigenvalue weighted by Crippen LogP contribution is -2.34. The minimum Gasteiger partial charge on any atom is -0.455 e. The van der Waals surface area contributed by atoms with E-state index in [-0.39, 0.29) is 13.0 Å². The average Bonchev–Trinajstić information content (AvgIpc) is 3.27. The topological polar surface area (TPSA) is 73.9 Å². The van der Waals surface area contributed by atoms with Crippen LogP contribution in [-0.4, -0.2) is 24.3 Å². The molecule has 1 N–H and O–H groups in total. The second kappa shape index (κ2) is 7.72. The van der Waals surface area contributed by atoms with Gasteiger partial charge in [-0.25, -0.2) is 0 Å². The number of esters is 1. The lowest BCUT2D eigenvalue weighted by Gasteiger charge is -2.21. The van der Waals surface area contributed by atoms with Gasteiger partial charge < -0.3 is 19.5 Å². The fraction of sp³-hybridized carbons (Fsp3) is 0.333. The van der Waals surface area contributed by atoms with Gasteiger partial charge in [-0.15, -0.1) is 0 Å². The molecule has 2 aromatic rings. The van der Waals surface area contributed by atoms with Crippen molar-refractivity contribution in [3.8, 4) is 11.5 Å². The van der Waals surface area contributed by atoms with Gasteiger partial charge in [-0.1, -0.05) is 29.8 Å². The van der Waals surface area contributed by atoms with Crippen LogP contribution >= 0.6 is 11.6 Å². The van der Waals surface area contributed by atoms with Crippen LogP contribution in [0, 0.1) is 0 Å². The Labute approximate surface area is 167 Å². The number of anilines is 1. The lowest BCUT2D eigenvalue weighted by molar-refractivity contribution is -0.146. The van der Waals surface area contributed by atoms with E-state index in [1.807, 2.05) is 0 Å². The third-order valence-electron chi connectivity index (χ3n) is 4.84. The number of hydrogen-bond donors (Lipinski definition) is 1. The summed E-state index contributed by atoms with van der Waals surface area (Å²) in [7, 11) is 0. The molecule has 0 atom stereocenters. The summed E-state index contributed by atoms with van der Waals surface area (Å²) in [6.07, 6.45) is 3.91. The van der Waals surface area contributed by atoms with E-state index in [0.717, 1.165) is 25.7 Å². The van der Waals surface area contributed by atoms with Gasteiger partial charge in [0.2, 0.25) is 0 Å². The molecule has 1 amide bonds. The molecule has 2 aromatic carbocycles. The van der Waals surface area contributed by atoms with Crippen molar-refractivity contribution in [3.05, 3.63) is 53.1 Å². The van der Waals surface area contributed by atoms with E-state index in [1.54, 1.807) is 42.5 Å². The van der Waals surface area contributed by atoms with Gasteiger partial charge in [0.05, 0.1) is 6.42 Å². The quantitative estimate of drug-likeness (QED) is 0.763. The Bertz CT molecular complexity index is 907. The summed E-state index contributed by atoms with van der Waals surface area (Å²) in [6, 6.07) is 12.3. The highest BCUT2D eigenvalue weighted by molar-refractivity contribution is 6.31. The normalized spacial score (nSPS) is 16.2.